The summed E-state index contributed by atoms with van der Waals surface area (Å²) < 4.78 is 0. The quantitative estimate of drug-likeness (QED) is 0.757. The lowest BCUT2D eigenvalue weighted by Crippen LogP contribution is -1.93. The van der Waals surface area contributed by atoms with Crippen molar-refractivity contribution in [3.8, 4) is 17.2 Å². The Morgan fingerprint density at radius 1 is 1.05 bits per heavy atom. The van der Waals surface area contributed by atoms with E-state index >= 15 is 0 Å². The van der Waals surface area contributed by atoms with Crippen LogP contribution in [0.15, 0.2) is 42.5 Å². The second-order valence-electron chi connectivity index (χ2n) is 4.92. The smallest absolute Gasteiger partial charge is 0.0998 e. The van der Waals surface area contributed by atoms with Crippen molar-refractivity contribution in [2.45, 2.75) is 33.1 Å². The van der Waals surface area contributed by atoms with Gasteiger partial charge < -0.3 is 0 Å². The highest BCUT2D eigenvalue weighted by Gasteiger charge is 2.09. The fourth-order valence-electron chi connectivity index (χ4n) is 2.37. The second kappa shape index (κ2) is 6.20. The molecular weight excluding hydrogens is 230 g/mol. The van der Waals surface area contributed by atoms with Crippen LogP contribution in [0.5, 0.6) is 0 Å². The van der Waals surface area contributed by atoms with Crippen molar-refractivity contribution in [1.82, 2.24) is 0 Å². The Morgan fingerprint density at radius 2 is 1.84 bits per heavy atom. The molecule has 0 amide bonds. The van der Waals surface area contributed by atoms with Crippen LogP contribution < -0.4 is 0 Å². The number of hydrogen-bond acceptors (Lipinski definition) is 1. The van der Waals surface area contributed by atoms with E-state index in [4.69, 9.17) is 0 Å². The van der Waals surface area contributed by atoms with Gasteiger partial charge in [-0.25, -0.2) is 0 Å². The first kappa shape index (κ1) is 13.4. The SMILES string of the molecule is CCCCc1cc(C)ccc1-c1ccccc1C#N. The minimum absolute atomic E-state index is 0.754. The maximum absolute atomic E-state index is 9.25. The lowest BCUT2D eigenvalue weighted by Gasteiger charge is -2.12. The largest absolute Gasteiger partial charge is 0.192 e. The molecule has 1 nitrogen and oxygen atoms in total. The number of unbranched alkanes of at least 4 members (excludes halogenated alkanes) is 1. The summed E-state index contributed by atoms with van der Waals surface area (Å²) in [6, 6.07) is 16.7. The fourth-order valence-corrected chi connectivity index (χ4v) is 2.37. The zero-order valence-electron chi connectivity index (χ0n) is 11.6. The summed E-state index contributed by atoms with van der Waals surface area (Å²) in [7, 11) is 0. The van der Waals surface area contributed by atoms with Gasteiger partial charge in [0.1, 0.15) is 0 Å². The van der Waals surface area contributed by atoms with Gasteiger partial charge in [-0.2, -0.15) is 5.26 Å². The van der Waals surface area contributed by atoms with Crippen LogP contribution in [0.25, 0.3) is 11.1 Å². The molecule has 19 heavy (non-hydrogen) atoms. The molecule has 0 aliphatic rings. The Kier molecular flexibility index (Phi) is 4.36. The average Bonchev–Trinajstić information content (AvgIpc) is 2.45. The number of nitrogens with zero attached hydrogens (tertiary/aromatic N) is 1. The summed E-state index contributed by atoms with van der Waals surface area (Å²) in [5, 5.41) is 9.25. The highest BCUT2D eigenvalue weighted by Crippen LogP contribution is 2.28. The third-order valence-electron chi connectivity index (χ3n) is 3.40. The monoisotopic (exact) mass is 249 g/mol. The van der Waals surface area contributed by atoms with Gasteiger partial charge in [0.25, 0.3) is 0 Å². The van der Waals surface area contributed by atoms with Gasteiger partial charge in [-0.15, -0.1) is 0 Å². The summed E-state index contributed by atoms with van der Waals surface area (Å²) in [6.45, 7) is 4.33. The summed E-state index contributed by atoms with van der Waals surface area (Å²) in [4.78, 5) is 0. The zero-order chi connectivity index (χ0) is 13.7. The van der Waals surface area contributed by atoms with Crippen molar-refractivity contribution in [2.24, 2.45) is 0 Å². The van der Waals surface area contributed by atoms with Gasteiger partial charge in [0.2, 0.25) is 0 Å². The van der Waals surface area contributed by atoms with Gasteiger partial charge in [-0.05, 0) is 42.5 Å². The van der Waals surface area contributed by atoms with E-state index in [1.165, 1.54) is 29.5 Å². The number of aryl methyl sites for hydroxylation is 2. The molecule has 0 aromatic heterocycles. The number of benzene rings is 2. The molecule has 0 spiro atoms. The summed E-state index contributed by atoms with van der Waals surface area (Å²) >= 11 is 0. The highest BCUT2D eigenvalue weighted by molar-refractivity contribution is 5.73. The van der Waals surface area contributed by atoms with Gasteiger partial charge in [0.15, 0.2) is 0 Å². The normalized spacial score (nSPS) is 10.2. The minimum Gasteiger partial charge on any atom is -0.192 e. The van der Waals surface area contributed by atoms with E-state index in [0.717, 1.165) is 17.5 Å². The predicted octanol–water partition coefficient (Wildman–Crippen LogP) is 4.88. The second-order valence-corrected chi connectivity index (χ2v) is 4.92. The third-order valence-corrected chi connectivity index (χ3v) is 3.40. The first-order valence-corrected chi connectivity index (χ1v) is 6.85. The van der Waals surface area contributed by atoms with Crippen molar-refractivity contribution in [2.75, 3.05) is 0 Å². The van der Waals surface area contributed by atoms with Crippen LogP contribution in [0.3, 0.4) is 0 Å². The number of rotatable bonds is 4. The van der Waals surface area contributed by atoms with Crippen molar-refractivity contribution in [3.63, 3.8) is 0 Å². The van der Waals surface area contributed by atoms with Gasteiger partial charge in [-0.1, -0.05) is 55.3 Å². The van der Waals surface area contributed by atoms with Crippen LogP contribution in [0.1, 0.15) is 36.5 Å². The van der Waals surface area contributed by atoms with Crippen LogP contribution in [-0.2, 0) is 6.42 Å². The zero-order valence-corrected chi connectivity index (χ0v) is 11.6. The Morgan fingerprint density at radius 3 is 2.58 bits per heavy atom. The van der Waals surface area contributed by atoms with Crippen LogP contribution in [0.2, 0.25) is 0 Å². The summed E-state index contributed by atoms with van der Waals surface area (Å²) in [5.74, 6) is 0. The molecule has 0 N–H and O–H groups in total. The summed E-state index contributed by atoms with van der Waals surface area (Å²) in [5.41, 5.74) is 5.64. The molecule has 0 saturated carbocycles. The molecule has 0 heterocycles. The molecular formula is C18H19N. The topological polar surface area (TPSA) is 23.8 Å². The van der Waals surface area contributed by atoms with Crippen molar-refractivity contribution < 1.29 is 0 Å². The number of hydrogen-bond donors (Lipinski definition) is 0. The van der Waals surface area contributed by atoms with Crippen LogP contribution in [0.4, 0.5) is 0 Å². The van der Waals surface area contributed by atoms with Crippen molar-refractivity contribution in [3.05, 3.63) is 59.2 Å². The minimum atomic E-state index is 0.754. The van der Waals surface area contributed by atoms with Gasteiger partial charge in [0.05, 0.1) is 11.6 Å². The van der Waals surface area contributed by atoms with E-state index in [1.807, 2.05) is 24.3 Å². The summed E-state index contributed by atoms with van der Waals surface area (Å²) in [6.07, 6.45) is 3.45. The van der Waals surface area contributed by atoms with Crippen molar-refractivity contribution >= 4 is 0 Å². The molecule has 0 aliphatic heterocycles. The van der Waals surface area contributed by atoms with E-state index in [1.54, 1.807) is 0 Å². The molecule has 0 fully saturated rings. The van der Waals surface area contributed by atoms with Crippen LogP contribution in [0, 0.1) is 18.3 Å². The molecule has 2 aromatic carbocycles. The predicted molar refractivity (Wildman–Crippen MR) is 79.9 cm³/mol. The van der Waals surface area contributed by atoms with Gasteiger partial charge >= 0.3 is 0 Å². The van der Waals surface area contributed by atoms with Crippen LogP contribution in [-0.4, -0.2) is 0 Å². The van der Waals surface area contributed by atoms with Gasteiger partial charge in [0, 0.05) is 0 Å². The van der Waals surface area contributed by atoms with E-state index in [-0.39, 0.29) is 0 Å². The fraction of sp³-hybridized carbons (Fsp3) is 0.278. The molecule has 1 heteroatoms. The highest BCUT2D eigenvalue weighted by atomic mass is 14.2. The Bertz CT molecular complexity index is 605. The van der Waals surface area contributed by atoms with E-state index in [9.17, 15) is 5.26 Å². The molecule has 0 saturated heterocycles. The lowest BCUT2D eigenvalue weighted by molar-refractivity contribution is 0.795. The number of nitriles is 1. The van der Waals surface area contributed by atoms with Crippen molar-refractivity contribution in [1.29, 1.82) is 5.26 Å². The Balaban J connectivity index is 2.52. The lowest BCUT2D eigenvalue weighted by atomic mass is 9.92. The maximum atomic E-state index is 9.25. The standard InChI is InChI=1S/C18H19N/c1-3-4-7-15-12-14(2)10-11-18(15)17-9-6-5-8-16(17)13-19/h5-6,8-12H,3-4,7H2,1-2H3. The molecule has 0 aliphatic carbocycles. The molecule has 96 valence electrons. The van der Waals surface area contributed by atoms with Crippen LogP contribution >= 0.6 is 0 Å². The molecule has 0 radical (unpaired) electrons. The Labute approximate surface area is 115 Å². The van der Waals surface area contributed by atoms with E-state index in [2.05, 4.69) is 38.1 Å². The van der Waals surface area contributed by atoms with Gasteiger partial charge in [-0.3, -0.25) is 0 Å². The molecule has 2 aromatic rings. The first-order chi connectivity index (χ1) is 9.26. The Hall–Kier alpha value is -2.07. The molecule has 2 rings (SSSR count). The van der Waals surface area contributed by atoms with E-state index < -0.39 is 0 Å². The third kappa shape index (κ3) is 3.03. The van der Waals surface area contributed by atoms with E-state index in [0.29, 0.717) is 0 Å². The molecule has 0 bridgehead atoms. The molecule has 0 atom stereocenters. The maximum Gasteiger partial charge on any atom is 0.0998 e. The average molecular weight is 249 g/mol. The first-order valence-electron chi connectivity index (χ1n) is 6.85. The molecule has 0 unspecified atom stereocenters.